The lowest BCUT2D eigenvalue weighted by Crippen LogP contribution is -2.48. The number of carbonyl (C=O) groups is 1. The molecule has 5 aromatic rings. The Morgan fingerprint density at radius 1 is 1.07 bits per heavy atom. The molecule has 41 heavy (non-hydrogen) atoms. The minimum Gasteiger partial charge on any atom is -0.460 e. The molecule has 2 saturated heterocycles. The molecule has 2 aliphatic rings. The van der Waals surface area contributed by atoms with Gasteiger partial charge in [0.05, 0.1) is 6.20 Å². The normalized spacial score (nSPS) is 19.8. The van der Waals surface area contributed by atoms with Gasteiger partial charge in [0.2, 0.25) is 5.91 Å². The van der Waals surface area contributed by atoms with E-state index in [0.29, 0.717) is 28.2 Å². The van der Waals surface area contributed by atoms with Crippen LogP contribution in [0.15, 0.2) is 68.0 Å². The van der Waals surface area contributed by atoms with Gasteiger partial charge in [-0.3, -0.25) is 4.79 Å². The molecule has 0 radical (unpaired) electrons. The van der Waals surface area contributed by atoms with Gasteiger partial charge in [0.15, 0.2) is 11.5 Å². The molecule has 206 valence electrons. The standard InChI is InChI=1S/C29H27N9O3/c1-3-26(39)38-19-5-6-20(38)12-22(11-19)41-29-30-14-23-27(36-29)28(33-15-31-23)35-18-4-7-24(17(2)10-18)40-21-8-9-37-25(13-21)32-16-34-37/h3-4,7-10,13-16,19-20,22H,1,5-6,11-12H2,2H3,(H,31,33,35)/t19-,20+,22?. The van der Waals surface area contributed by atoms with Crippen LogP contribution in [0, 0.1) is 6.92 Å². The molecule has 0 spiro atoms. The minimum absolute atomic E-state index is 0.00557. The zero-order valence-electron chi connectivity index (χ0n) is 22.3. The van der Waals surface area contributed by atoms with Crippen molar-refractivity contribution >= 4 is 34.1 Å². The summed E-state index contributed by atoms with van der Waals surface area (Å²) >= 11 is 0. The average molecular weight is 550 g/mol. The summed E-state index contributed by atoms with van der Waals surface area (Å²) in [7, 11) is 0. The third kappa shape index (κ3) is 4.77. The van der Waals surface area contributed by atoms with E-state index < -0.39 is 0 Å². The molecule has 12 heteroatoms. The number of anilines is 2. The maximum absolute atomic E-state index is 12.3. The SMILES string of the molecule is C=CC(=O)N1[C@@H]2CC[C@H]1CC(Oc1ncc3ncnc(Nc4ccc(Oc5ccn6ncnc6c5)c(C)c4)c3n1)C2. The molecule has 7 rings (SSSR count). The average Bonchev–Trinajstić information content (AvgIpc) is 3.55. The van der Waals surface area contributed by atoms with Crippen molar-refractivity contribution in [2.75, 3.05) is 5.32 Å². The summed E-state index contributed by atoms with van der Waals surface area (Å²) in [4.78, 5) is 36.3. The number of ether oxygens (including phenoxy) is 2. The summed E-state index contributed by atoms with van der Waals surface area (Å²) in [5.41, 5.74) is 3.62. The van der Waals surface area contributed by atoms with Gasteiger partial charge in [0, 0.05) is 42.9 Å². The lowest BCUT2D eigenvalue weighted by Gasteiger charge is -2.37. The molecule has 12 nitrogen and oxygen atoms in total. The maximum Gasteiger partial charge on any atom is 0.317 e. The molecule has 2 aliphatic heterocycles. The Morgan fingerprint density at radius 3 is 2.73 bits per heavy atom. The van der Waals surface area contributed by atoms with E-state index >= 15 is 0 Å². The number of fused-ring (bicyclic) bond motifs is 4. The fourth-order valence-corrected chi connectivity index (χ4v) is 5.79. The third-order valence-electron chi connectivity index (χ3n) is 7.66. The van der Waals surface area contributed by atoms with E-state index in [1.165, 1.54) is 18.7 Å². The Hall–Kier alpha value is -5.13. The first-order valence-corrected chi connectivity index (χ1v) is 13.5. The van der Waals surface area contributed by atoms with E-state index in [1.54, 1.807) is 16.9 Å². The lowest BCUT2D eigenvalue weighted by atomic mass is 9.99. The summed E-state index contributed by atoms with van der Waals surface area (Å²) in [5, 5.41) is 7.46. The molecule has 4 aromatic heterocycles. The number of piperidine rings is 1. The van der Waals surface area contributed by atoms with Gasteiger partial charge in [-0.1, -0.05) is 6.58 Å². The van der Waals surface area contributed by atoms with Crippen LogP contribution in [0.1, 0.15) is 31.2 Å². The Morgan fingerprint density at radius 2 is 1.93 bits per heavy atom. The van der Waals surface area contributed by atoms with Gasteiger partial charge in [0.25, 0.3) is 0 Å². The van der Waals surface area contributed by atoms with Crippen molar-refractivity contribution in [1.82, 2.24) is 39.4 Å². The topological polar surface area (TPSA) is 133 Å². The van der Waals surface area contributed by atoms with Gasteiger partial charge in [0.1, 0.15) is 41.3 Å². The number of nitrogens with one attached hydrogen (secondary N) is 1. The van der Waals surface area contributed by atoms with Crippen molar-refractivity contribution in [3.8, 4) is 17.5 Å². The van der Waals surface area contributed by atoms with E-state index in [1.807, 2.05) is 42.2 Å². The molecular weight excluding hydrogens is 522 g/mol. The first kappa shape index (κ1) is 24.9. The summed E-state index contributed by atoms with van der Waals surface area (Å²) in [6, 6.07) is 10.1. The number of pyridine rings is 1. The largest absolute Gasteiger partial charge is 0.460 e. The highest BCUT2D eigenvalue weighted by molar-refractivity contribution is 5.88. The van der Waals surface area contributed by atoms with Crippen LogP contribution in [0.25, 0.3) is 16.7 Å². The number of hydrogen-bond acceptors (Lipinski definition) is 10. The van der Waals surface area contributed by atoms with Crippen molar-refractivity contribution in [3.05, 3.63) is 73.6 Å². The maximum atomic E-state index is 12.3. The van der Waals surface area contributed by atoms with E-state index in [-0.39, 0.29) is 30.1 Å². The number of hydrogen-bond donors (Lipinski definition) is 1. The Kier molecular flexibility index (Phi) is 6.14. The number of aryl methyl sites for hydroxylation is 1. The predicted octanol–water partition coefficient (Wildman–Crippen LogP) is 4.39. The number of nitrogens with zero attached hydrogens (tertiary/aromatic N) is 8. The number of amides is 1. The van der Waals surface area contributed by atoms with Crippen molar-refractivity contribution in [2.45, 2.75) is 50.8 Å². The van der Waals surface area contributed by atoms with Crippen molar-refractivity contribution in [1.29, 1.82) is 0 Å². The quantitative estimate of drug-likeness (QED) is 0.291. The number of carbonyl (C=O) groups excluding carboxylic acids is 1. The summed E-state index contributed by atoms with van der Waals surface area (Å²) in [5.74, 6) is 1.93. The first-order valence-electron chi connectivity index (χ1n) is 13.5. The van der Waals surface area contributed by atoms with Crippen LogP contribution in [0.4, 0.5) is 11.5 Å². The highest BCUT2D eigenvalue weighted by atomic mass is 16.5. The molecule has 6 heterocycles. The summed E-state index contributed by atoms with van der Waals surface area (Å²) in [6.07, 6.45) is 11.2. The first-order chi connectivity index (χ1) is 20.0. The van der Waals surface area contributed by atoms with E-state index in [2.05, 4.69) is 41.9 Å². The second kappa shape index (κ2) is 10.1. The van der Waals surface area contributed by atoms with Crippen molar-refractivity contribution in [2.24, 2.45) is 0 Å². The Labute approximate surface area is 235 Å². The molecule has 1 unspecified atom stereocenters. The Bertz CT molecular complexity index is 1770. The smallest absolute Gasteiger partial charge is 0.317 e. The van der Waals surface area contributed by atoms with Crippen molar-refractivity contribution < 1.29 is 14.3 Å². The molecule has 1 aromatic carbocycles. The summed E-state index contributed by atoms with van der Waals surface area (Å²) in [6.45, 7) is 5.62. The molecule has 1 amide bonds. The minimum atomic E-state index is -0.0690. The lowest BCUT2D eigenvalue weighted by molar-refractivity contribution is -0.131. The van der Waals surface area contributed by atoms with Gasteiger partial charge in [-0.05, 0) is 55.7 Å². The van der Waals surface area contributed by atoms with Crippen LogP contribution in [0.3, 0.4) is 0 Å². The Balaban J connectivity index is 1.08. The van der Waals surface area contributed by atoms with Crippen LogP contribution in [-0.4, -0.2) is 63.5 Å². The second-order valence-electron chi connectivity index (χ2n) is 10.3. The van der Waals surface area contributed by atoms with E-state index in [9.17, 15) is 4.79 Å². The zero-order chi connectivity index (χ0) is 27.9. The van der Waals surface area contributed by atoms with E-state index in [4.69, 9.17) is 9.47 Å². The fraction of sp³-hybridized carbons (Fsp3) is 0.276. The van der Waals surface area contributed by atoms with Gasteiger partial charge in [-0.15, -0.1) is 0 Å². The van der Waals surface area contributed by atoms with Gasteiger partial charge in [-0.2, -0.15) is 10.1 Å². The monoisotopic (exact) mass is 549 g/mol. The second-order valence-corrected chi connectivity index (χ2v) is 10.3. The molecule has 2 fully saturated rings. The molecule has 2 bridgehead atoms. The molecule has 0 saturated carbocycles. The van der Waals surface area contributed by atoms with Crippen LogP contribution >= 0.6 is 0 Å². The number of rotatable bonds is 7. The van der Waals surface area contributed by atoms with Crippen LogP contribution in [0.5, 0.6) is 17.5 Å². The van der Waals surface area contributed by atoms with Crippen LogP contribution < -0.4 is 14.8 Å². The zero-order valence-corrected chi connectivity index (χ0v) is 22.3. The van der Waals surface area contributed by atoms with Crippen LogP contribution in [-0.2, 0) is 4.79 Å². The summed E-state index contributed by atoms with van der Waals surface area (Å²) < 4.78 is 14.0. The fourth-order valence-electron chi connectivity index (χ4n) is 5.79. The van der Waals surface area contributed by atoms with Gasteiger partial charge < -0.3 is 19.7 Å². The third-order valence-corrected chi connectivity index (χ3v) is 7.66. The van der Waals surface area contributed by atoms with Crippen LogP contribution in [0.2, 0.25) is 0 Å². The number of benzene rings is 1. The highest BCUT2D eigenvalue weighted by Gasteiger charge is 2.43. The predicted molar refractivity (Wildman–Crippen MR) is 150 cm³/mol. The molecule has 1 N–H and O–H groups in total. The van der Waals surface area contributed by atoms with Gasteiger partial charge in [-0.25, -0.2) is 24.5 Å². The molecule has 3 atom stereocenters. The van der Waals surface area contributed by atoms with E-state index in [0.717, 1.165) is 42.7 Å². The van der Waals surface area contributed by atoms with Gasteiger partial charge >= 0.3 is 6.01 Å². The van der Waals surface area contributed by atoms with Crippen molar-refractivity contribution in [3.63, 3.8) is 0 Å². The molecule has 0 aliphatic carbocycles. The molecular formula is C29H27N9O3. The number of aromatic nitrogens is 7. The highest BCUT2D eigenvalue weighted by Crippen LogP contribution is 2.37.